The minimum Gasteiger partial charge on any atom is -0.496 e. The molecule has 0 unspecified atom stereocenters. The van der Waals surface area contributed by atoms with E-state index in [9.17, 15) is 4.79 Å². The van der Waals surface area contributed by atoms with Crippen LogP contribution in [0.5, 0.6) is 5.75 Å². The Labute approximate surface area is 200 Å². The van der Waals surface area contributed by atoms with Crippen molar-refractivity contribution in [3.63, 3.8) is 0 Å². The molecule has 0 aliphatic carbocycles. The van der Waals surface area contributed by atoms with Crippen molar-refractivity contribution in [1.29, 1.82) is 5.26 Å². The maximum absolute atomic E-state index is 12.8. The van der Waals surface area contributed by atoms with Crippen molar-refractivity contribution in [1.82, 2.24) is 19.2 Å². The molecule has 1 aromatic carbocycles. The van der Waals surface area contributed by atoms with Gasteiger partial charge in [-0.1, -0.05) is 32.0 Å². The van der Waals surface area contributed by atoms with E-state index in [4.69, 9.17) is 10.00 Å². The molecule has 1 aliphatic heterocycles. The Morgan fingerprint density at radius 1 is 1.21 bits per heavy atom. The molecule has 180 valence electrons. The van der Waals surface area contributed by atoms with Gasteiger partial charge in [-0.2, -0.15) is 10.4 Å². The first-order valence-electron chi connectivity index (χ1n) is 12.0. The molecule has 34 heavy (non-hydrogen) atoms. The van der Waals surface area contributed by atoms with E-state index in [1.165, 1.54) is 5.56 Å². The number of ether oxygens (including phenoxy) is 1. The van der Waals surface area contributed by atoms with Crippen molar-refractivity contribution < 1.29 is 4.74 Å². The van der Waals surface area contributed by atoms with E-state index < -0.39 is 0 Å². The summed E-state index contributed by atoms with van der Waals surface area (Å²) in [4.78, 5) is 17.8. The van der Waals surface area contributed by atoms with Crippen molar-refractivity contribution in [2.75, 3.05) is 25.1 Å². The molecule has 0 bridgehead atoms. The second-order valence-electron chi connectivity index (χ2n) is 9.04. The quantitative estimate of drug-likeness (QED) is 0.533. The highest BCUT2D eigenvalue weighted by Crippen LogP contribution is 2.36. The number of aryl methyl sites for hydroxylation is 1. The van der Waals surface area contributed by atoms with Crippen LogP contribution in [0, 0.1) is 11.3 Å². The van der Waals surface area contributed by atoms with Crippen LogP contribution in [0.15, 0.2) is 41.3 Å². The molecule has 0 spiro atoms. The predicted molar refractivity (Wildman–Crippen MR) is 134 cm³/mol. The predicted octanol–water partition coefficient (Wildman–Crippen LogP) is 3.71. The summed E-state index contributed by atoms with van der Waals surface area (Å²) in [7, 11) is 3.48. The average molecular weight is 463 g/mol. The van der Waals surface area contributed by atoms with Gasteiger partial charge >= 0.3 is 0 Å². The maximum Gasteiger partial charge on any atom is 0.252 e. The van der Waals surface area contributed by atoms with Gasteiger partial charge in [0.2, 0.25) is 0 Å². The zero-order chi connectivity index (χ0) is 24.4. The molecule has 2 aromatic heterocycles. The summed E-state index contributed by atoms with van der Waals surface area (Å²) < 4.78 is 8.88. The summed E-state index contributed by atoms with van der Waals surface area (Å²) >= 11 is 0. The zero-order valence-corrected chi connectivity index (χ0v) is 20.7. The van der Waals surface area contributed by atoms with Crippen LogP contribution in [0.25, 0.3) is 11.0 Å². The van der Waals surface area contributed by atoms with Crippen LogP contribution in [0.4, 0.5) is 5.69 Å². The number of rotatable bonds is 7. The van der Waals surface area contributed by atoms with Crippen LogP contribution in [-0.2, 0) is 13.6 Å². The molecule has 4 rings (SSSR count). The summed E-state index contributed by atoms with van der Waals surface area (Å²) in [5, 5.41) is 13.8. The number of piperazine rings is 1. The highest BCUT2D eigenvalue weighted by atomic mass is 16.5. The van der Waals surface area contributed by atoms with Gasteiger partial charge in [0.05, 0.1) is 30.6 Å². The fourth-order valence-electron chi connectivity index (χ4n) is 5.26. The minimum absolute atomic E-state index is 0.0632. The fraction of sp³-hybridized carbons (Fsp3) is 0.500. The number of nitrogens with zero attached hydrogens (tertiary/aromatic N) is 6. The molecular weight excluding hydrogens is 428 g/mol. The number of para-hydroxylation sites is 1. The Morgan fingerprint density at radius 2 is 1.94 bits per heavy atom. The first-order chi connectivity index (χ1) is 16.4. The Kier molecular flexibility index (Phi) is 6.94. The van der Waals surface area contributed by atoms with Crippen molar-refractivity contribution in [2.45, 2.75) is 58.3 Å². The number of benzene rings is 1. The van der Waals surface area contributed by atoms with Gasteiger partial charge in [-0.25, -0.2) is 0 Å². The van der Waals surface area contributed by atoms with Crippen LogP contribution in [0.2, 0.25) is 0 Å². The number of hydrogen-bond donors (Lipinski definition) is 0. The van der Waals surface area contributed by atoms with E-state index >= 15 is 0 Å². The Balaban J connectivity index is 1.73. The normalized spacial score (nSPS) is 19.8. The van der Waals surface area contributed by atoms with Crippen molar-refractivity contribution in [3.8, 4) is 11.8 Å². The van der Waals surface area contributed by atoms with Gasteiger partial charge in [-0.15, -0.1) is 0 Å². The topological polar surface area (TPSA) is 79.3 Å². The molecule has 0 radical (unpaired) electrons. The molecule has 1 fully saturated rings. The van der Waals surface area contributed by atoms with E-state index in [-0.39, 0.29) is 24.2 Å². The van der Waals surface area contributed by atoms with Crippen molar-refractivity contribution in [3.05, 3.63) is 52.4 Å². The number of pyridine rings is 1. The van der Waals surface area contributed by atoms with Gasteiger partial charge in [-0.3, -0.25) is 14.4 Å². The Hall–Kier alpha value is -3.31. The largest absolute Gasteiger partial charge is 0.496 e. The molecule has 3 heterocycles. The number of anilines is 1. The van der Waals surface area contributed by atoms with E-state index in [1.807, 2.05) is 12.1 Å². The summed E-state index contributed by atoms with van der Waals surface area (Å²) in [6.45, 7) is 8.51. The summed E-state index contributed by atoms with van der Waals surface area (Å²) in [6, 6.07) is 12.8. The van der Waals surface area contributed by atoms with E-state index in [2.05, 4.69) is 53.9 Å². The molecule has 3 aromatic rings. The SMILES string of the molecule is CC[C@H]1CN([C@@H](C)c2ccccc2OC)[C@H](CC)CN1c1cc(=O)n(C)c2cn(CC#N)nc12. The highest BCUT2D eigenvalue weighted by Gasteiger charge is 2.37. The number of fused-ring (bicyclic) bond motifs is 1. The lowest BCUT2D eigenvalue weighted by molar-refractivity contribution is 0.0998. The fourth-order valence-corrected chi connectivity index (χ4v) is 5.26. The Morgan fingerprint density at radius 3 is 2.62 bits per heavy atom. The summed E-state index contributed by atoms with van der Waals surface area (Å²) in [5.74, 6) is 0.914. The molecule has 8 nitrogen and oxygen atoms in total. The molecule has 1 saturated heterocycles. The third kappa shape index (κ3) is 4.16. The van der Waals surface area contributed by atoms with Gasteiger partial charge in [0.15, 0.2) is 0 Å². The molecule has 3 atom stereocenters. The van der Waals surface area contributed by atoms with Gasteiger partial charge in [0.25, 0.3) is 5.56 Å². The van der Waals surface area contributed by atoms with E-state index in [1.54, 1.807) is 35.7 Å². The lowest BCUT2D eigenvalue weighted by atomic mass is 9.96. The average Bonchev–Trinajstić information content (AvgIpc) is 3.29. The monoisotopic (exact) mass is 462 g/mol. The first kappa shape index (κ1) is 23.8. The molecular formula is C26H34N6O2. The van der Waals surface area contributed by atoms with Gasteiger partial charge in [0, 0.05) is 49.9 Å². The smallest absolute Gasteiger partial charge is 0.252 e. The summed E-state index contributed by atoms with van der Waals surface area (Å²) in [6.07, 6.45) is 3.73. The number of hydrogen-bond acceptors (Lipinski definition) is 6. The van der Waals surface area contributed by atoms with Gasteiger partial charge < -0.3 is 14.2 Å². The van der Waals surface area contributed by atoms with Crippen LogP contribution in [-0.4, -0.2) is 51.5 Å². The molecule has 0 amide bonds. The molecule has 8 heteroatoms. The van der Waals surface area contributed by atoms with Gasteiger partial charge in [-0.05, 0) is 25.8 Å². The number of aromatic nitrogens is 3. The van der Waals surface area contributed by atoms with Crippen LogP contribution >= 0.6 is 0 Å². The van der Waals surface area contributed by atoms with Crippen LogP contribution in [0.3, 0.4) is 0 Å². The first-order valence-corrected chi connectivity index (χ1v) is 12.0. The number of nitriles is 1. The molecule has 0 N–H and O–H groups in total. The van der Waals surface area contributed by atoms with Crippen molar-refractivity contribution >= 4 is 16.7 Å². The van der Waals surface area contributed by atoms with Gasteiger partial charge in [0.1, 0.15) is 17.8 Å². The van der Waals surface area contributed by atoms with Crippen LogP contribution in [0.1, 0.15) is 45.2 Å². The minimum atomic E-state index is -0.0632. The highest BCUT2D eigenvalue weighted by molar-refractivity contribution is 5.88. The molecule has 1 aliphatic rings. The van der Waals surface area contributed by atoms with E-state index in [0.29, 0.717) is 6.04 Å². The van der Waals surface area contributed by atoms with Crippen molar-refractivity contribution in [2.24, 2.45) is 7.05 Å². The number of methoxy groups -OCH3 is 1. The lowest BCUT2D eigenvalue weighted by Crippen LogP contribution is -2.58. The maximum atomic E-state index is 12.8. The van der Waals surface area contributed by atoms with Crippen LogP contribution < -0.4 is 15.2 Å². The zero-order valence-electron chi connectivity index (χ0n) is 20.7. The third-order valence-electron chi connectivity index (χ3n) is 7.25. The summed E-state index contributed by atoms with van der Waals surface area (Å²) in [5.41, 5.74) is 3.52. The molecule has 0 saturated carbocycles. The van der Waals surface area contributed by atoms with E-state index in [0.717, 1.165) is 48.4 Å². The standard InChI is InChI=1S/C26H34N6O2/c1-6-19-16-32(22-14-25(33)29(4)23-17-30(13-12-27)28-26(22)23)20(7-2)15-31(19)18(3)21-10-8-9-11-24(21)34-5/h8-11,14,17-20H,6-7,13,15-16H2,1-5H3/t18-,19+,20-/m0/s1. The lowest BCUT2D eigenvalue weighted by Gasteiger charge is -2.49. The second kappa shape index (κ2) is 9.90. The second-order valence-corrected chi connectivity index (χ2v) is 9.04. The Bertz CT molecular complexity index is 1260. The third-order valence-corrected chi connectivity index (χ3v) is 7.25.